The van der Waals surface area contributed by atoms with Crippen molar-refractivity contribution in [2.45, 2.75) is 10.4 Å². The Labute approximate surface area is 127 Å². The van der Waals surface area contributed by atoms with Crippen LogP contribution in [0.3, 0.4) is 0 Å². The average Bonchev–Trinajstić information content (AvgIpc) is 2.47. The van der Waals surface area contributed by atoms with Gasteiger partial charge in [0.05, 0.1) is 0 Å². The predicted molar refractivity (Wildman–Crippen MR) is 83.7 cm³/mol. The molecule has 2 aromatic rings. The highest BCUT2D eigenvalue weighted by Gasteiger charge is 2.33. The van der Waals surface area contributed by atoms with Crippen molar-refractivity contribution in [2.24, 2.45) is 11.5 Å². The van der Waals surface area contributed by atoms with Gasteiger partial charge in [-0.05, 0) is 29.8 Å². The van der Waals surface area contributed by atoms with Gasteiger partial charge in [-0.2, -0.15) is 0 Å². The summed E-state index contributed by atoms with van der Waals surface area (Å²) in [4.78, 5) is 12.7. The van der Waals surface area contributed by atoms with Crippen molar-refractivity contribution in [3.63, 3.8) is 0 Å². The molecule has 0 aliphatic rings. The van der Waals surface area contributed by atoms with Crippen LogP contribution in [0.1, 0.15) is 5.56 Å². The molecule has 1 unspecified atom stereocenters. The molecule has 3 nitrogen and oxygen atoms in total. The van der Waals surface area contributed by atoms with Gasteiger partial charge in [0.2, 0.25) is 5.91 Å². The Morgan fingerprint density at radius 1 is 1.10 bits per heavy atom. The van der Waals surface area contributed by atoms with E-state index >= 15 is 0 Å². The Morgan fingerprint density at radius 3 is 2.25 bits per heavy atom. The quantitative estimate of drug-likeness (QED) is 0.835. The molecule has 1 amide bonds. The van der Waals surface area contributed by atoms with Gasteiger partial charge in [0.15, 0.2) is 0 Å². The molecule has 2 rings (SSSR count). The standard InChI is InChI=1S/C15H15ClN2OS/c16-12-6-8-13(9-7-12)20-10-15(18,14(17)19)11-4-2-1-3-5-11/h1-9H,10,18H2,(H2,17,19). The Bertz CT molecular complexity index is 589. The maximum Gasteiger partial charge on any atom is 0.243 e. The van der Waals surface area contributed by atoms with Crippen molar-refractivity contribution >= 4 is 29.3 Å². The van der Waals surface area contributed by atoms with Crippen molar-refractivity contribution in [2.75, 3.05) is 5.75 Å². The summed E-state index contributed by atoms with van der Waals surface area (Å²) in [5, 5.41) is 0.673. The average molecular weight is 307 g/mol. The number of carbonyl (C=O) groups excluding carboxylic acids is 1. The number of carbonyl (C=O) groups is 1. The highest BCUT2D eigenvalue weighted by atomic mass is 35.5. The number of amides is 1. The van der Waals surface area contributed by atoms with Crippen LogP contribution in [-0.4, -0.2) is 11.7 Å². The fraction of sp³-hybridized carbons (Fsp3) is 0.133. The van der Waals surface area contributed by atoms with Gasteiger partial charge in [-0.1, -0.05) is 41.9 Å². The zero-order valence-electron chi connectivity index (χ0n) is 10.8. The molecule has 4 N–H and O–H groups in total. The van der Waals surface area contributed by atoms with Crippen molar-refractivity contribution in [3.8, 4) is 0 Å². The van der Waals surface area contributed by atoms with Gasteiger partial charge in [-0.15, -0.1) is 11.8 Å². The third-order valence-corrected chi connectivity index (χ3v) is 4.47. The lowest BCUT2D eigenvalue weighted by molar-refractivity contribution is -0.122. The van der Waals surface area contributed by atoms with E-state index in [4.69, 9.17) is 23.1 Å². The number of benzene rings is 2. The number of rotatable bonds is 5. The molecule has 0 saturated carbocycles. The maximum atomic E-state index is 11.8. The summed E-state index contributed by atoms with van der Waals surface area (Å²) in [6.45, 7) is 0. The van der Waals surface area contributed by atoms with Crippen LogP contribution in [0.5, 0.6) is 0 Å². The van der Waals surface area contributed by atoms with Gasteiger partial charge in [-0.25, -0.2) is 0 Å². The number of primary amides is 1. The Hall–Kier alpha value is -1.49. The van der Waals surface area contributed by atoms with E-state index in [1.807, 2.05) is 42.5 Å². The summed E-state index contributed by atoms with van der Waals surface area (Å²) in [5.41, 5.74) is 11.2. The summed E-state index contributed by atoms with van der Waals surface area (Å²) >= 11 is 7.31. The van der Waals surface area contributed by atoms with E-state index in [0.29, 0.717) is 16.3 Å². The molecule has 0 bridgehead atoms. The van der Waals surface area contributed by atoms with Gasteiger partial charge in [0.1, 0.15) is 5.54 Å². The number of hydrogen-bond donors (Lipinski definition) is 2. The first-order valence-electron chi connectivity index (χ1n) is 6.05. The molecule has 5 heteroatoms. The molecule has 0 radical (unpaired) electrons. The smallest absolute Gasteiger partial charge is 0.243 e. The van der Waals surface area contributed by atoms with Crippen molar-refractivity contribution < 1.29 is 4.79 Å². The van der Waals surface area contributed by atoms with Gasteiger partial charge in [-0.3, -0.25) is 4.79 Å². The van der Waals surface area contributed by atoms with Gasteiger partial charge in [0, 0.05) is 15.7 Å². The number of halogens is 1. The first-order valence-corrected chi connectivity index (χ1v) is 7.41. The number of thioether (sulfide) groups is 1. The molecule has 0 aromatic heterocycles. The Kier molecular flexibility index (Phi) is 4.70. The molecule has 0 aliphatic carbocycles. The maximum absolute atomic E-state index is 11.8. The van der Waals surface area contributed by atoms with E-state index < -0.39 is 11.4 Å². The second-order valence-electron chi connectivity index (χ2n) is 4.44. The topological polar surface area (TPSA) is 69.1 Å². The summed E-state index contributed by atoms with van der Waals surface area (Å²) in [7, 11) is 0. The fourth-order valence-corrected chi connectivity index (χ4v) is 2.92. The van der Waals surface area contributed by atoms with Crippen LogP contribution >= 0.6 is 23.4 Å². The zero-order chi connectivity index (χ0) is 14.6. The second kappa shape index (κ2) is 6.31. The van der Waals surface area contributed by atoms with Gasteiger partial charge >= 0.3 is 0 Å². The first kappa shape index (κ1) is 14.9. The van der Waals surface area contributed by atoms with Crippen LogP contribution in [0.25, 0.3) is 0 Å². The SMILES string of the molecule is NC(=O)C(N)(CSc1ccc(Cl)cc1)c1ccccc1. The van der Waals surface area contributed by atoms with E-state index in [9.17, 15) is 4.79 Å². The number of nitrogens with two attached hydrogens (primary N) is 2. The number of hydrogen-bond acceptors (Lipinski definition) is 3. The summed E-state index contributed by atoms with van der Waals surface area (Å²) in [6.07, 6.45) is 0. The molecule has 0 heterocycles. The van der Waals surface area contributed by atoms with E-state index in [0.717, 1.165) is 4.90 Å². The molecular weight excluding hydrogens is 292 g/mol. The van der Waals surface area contributed by atoms with Crippen LogP contribution in [0.15, 0.2) is 59.5 Å². The highest BCUT2D eigenvalue weighted by molar-refractivity contribution is 7.99. The molecule has 0 fully saturated rings. The minimum absolute atomic E-state index is 0.369. The van der Waals surface area contributed by atoms with Crippen molar-refractivity contribution in [1.29, 1.82) is 0 Å². The molecule has 0 spiro atoms. The highest BCUT2D eigenvalue weighted by Crippen LogP contribution is 2.28. The molecule has 0 aliphatic heterocycles. The monoisotopic (exact) mass is 306 g/mol. The fourth-order valence-electron chi connectivity index (χ4n) is 1.76. The van der Waals surface area contributed by atoms with Crippen LogP contribution in [0.2, 0.25) is 5.02 Å². The largest absolute Gasteiger partial charge is 0.368 e. The summed E-state index contributed by atoms with van der Waals surface area (Å²) in [5.74, 6) is -0.168. The second-order valence-corrected chi connectivity index (χ2v) is 5.93. The Balaban J connectivity index is 2.18. The molecule has 0 saturated heterocycles. The molecule has 1 atom stereocenters. The third-order valence-electron chi connectivity index (χ3n) is 3.01. The normalized spacial score (nSPS) is 13.7. The lowest BCUT2D eigenvalue weighted by Gasteiger charge is -2.26. The first-order chi connectivity index (χ1) is 9.52. The van der Waals surface area contributed by atoms with Crippen LogP contribution in [0, 0.1) is 0 Å². The van der Waals surface area contributed by atoms with Crippen LogP contribution in [0.4, 0.5) is 0 Å². The predicted octanol–water partition coefficient (Wildman–Crippen LogP) is 2.77. The van der Waals surface area contributed by atoms with E-state index in [1.165, 1.54) is 11.8 Å². The lowest BCUT2D eigenvalue weighted by Crippen LogP contribution is -2.51. The minimum atomic E-state index is -1.19. The molecule has 20 heavy (non-hydrogen) atoms. The molecule has 104 valence electrons. The van der Waals surface area contributed by atoms with E-state index in [1.54, 1.807) is 12.1 Å². The zero-order valence-corrected chi connectivity index (χ0v) is 12.3. The summed E-state index contributed by atoms with van der Waals surface area (Å²) in [6, 6.07) is 16.6. The van der Waals surface area contributed by atoms with E-state index in [2.05, 4.69) is 0 Å². The third kappa shape index (κ3) is 3.33. The van der Waals surface area contributed by atoms with Gasteiger partial charge in [0.25, 0.3) is 0 Å². The van der Waals surface area contributed by atoms with Gasteiger partial charge < -0.3 is 11.5 Å². The van der Waals surface area contributed by atoms with Crippen LogP contribution < -0.4 is 11.5 Å². The summed E-state index contributed by atoms with van der Waals surface area (Å²) < 4.78 is 0. The molecular formula is C15H15ClN2OS. The van der Waals surface area contributed by atoms with Crippen molar-refractivity contribution in [1.82, 2.24) is 0 Å². The minimum Gasteiger partial charge on any atom is -0.368 e. The van der Waals surface area contributed by atoms with E-state index in [-0.39, 0.29) is 0 Å². The van der Waals surface area contributed by atoms with Crippen LogP contribution in [-0.2, 0) is 10.3 Å². The lowest BCUT2D eigenvalue weighted by atomic mass is 9.92. The van der Waals surface area contributed by atoms with Crippen molar-refractivity contribution in [3.05, 3.63) is 65.2 Å². The molecule has 2 aromatic carbocycles. The Morgan fingerprint density at radius 2 is 1.70 bits per heavy atom.